The molecule has 228 valence electrons. The first kappa shape index (κ1) is 33.5. The van der Waals surface area contributed by atoms with Gasteiger partial charge in [-0.25, -0.2) is 4.98 Å². The number of carboxylic acid groups (broad SMARTS) is 1. The molecule has 3 aromatic rings. The summed E-state index contributed by atoms with van der Waals surface area (Å²) in [5.74, 6) is -1.73. The minimum absolute atomic E-state index is 0.0861. The number of carboxylic acids is 1. The molecule has 1 aromatic heterocycles. The second kappa shape index (κ2) is 16.6. The maximum Gasteiger partial charge on any atom is 0.300 e. The molecule has 1 unspecified atom stereocenters. The average molecular weight is 594 g/mol. The molecule has 0 bridgehead atoms. The molecule has 43 heavy (non-hydrogen) atoms. The van der Waals surface area contributed by atoms with Gasteiger partial charge in [-0.3, -0.25) is 35.4 Å². The van der Waals surface area contributed by atoms with Gasteiger partial charge >= 0.3 is 0 Å². The number of rotatable bonds is 11. The van der Waals surface area contributed by atoms with Crippen molar-refractivity contribution in [3.63, 3.8) is 0 Å². The third-order valence-electron chi connectivity index (χ3n) is 5.43. The molecule has 3 rings (SSSR count). The van der Waals surface area contributed by atoms with Crippen LogP contribution in [0.1, 0.15) is 47.2 Å². The van der Waals surface area contributed by atoms with Crippen LogP contribution in [-0.2, 0) is 14.4 Å². The van der Waals surface area contributed by atoms with E-state index in [1.54, 1.807) is 68.4 Å². The highest BCUT2D eigenvalue weighted by Gasteiger charge is 2.24. The van der Waals surface area contributed by atoms with E-state index >= 15 is 0 Å². The number of ether oxygens (including phenoxy) is 2. The molecule has 0 radical (unpaired) electrons. The standard InChI is InChI=1S/C27H31N7O5.C2H4O2/c1-4-38-22-14-18(10-13-21(22)39-15-23(35)30-3)24(32-19-11-8-17(9-12-19)25(28)29)27(37)34-33-26(36)20-7-5-6-16(2)31-20;1-2(3)4/h5-14,24,32H,4,15H2,1-3H3,(H3,28,29)(H,30,35)(H,33,36)(H,34,37);1H3,(H,3,4). The van der Waals surface area contributed by atoms with Crippen LogP contribution >= 0.6 is 0 Å². The van der Waals surface area contributed by atoms with E-state index in [-0.39, 0.29) is 24.0 Å². The summed E-state index contributed by atoms with van der Waals surface area (Å²) in [6, 6.07) is 15.5. The van der Waals surface area contributed by atoms with Crippen LogP contribution in [0.25, 0.3) is 0 Å². The van der Waals surface area contributed by atoms with Gasteiger partial charge in [0.2, 0.25) is 0 Å². The third-order valence-corrected chi connectivity index (χ3v) is 5.43. The molecule has 1 atom stereocenters. The van der Waals surface area contributed by atoms with E-state index in [0.29, 0.717) is 40.6 Å². The molecule has 0 saturated carbocycles. The number of aryl methyl sites for hydroxylation is 1. The number of carbonyl (C=O) groups is 4. The van der Waals surface area contributed by atoms with Gasteiger partial charge in [0.25, 0.3) is 23.7 Å². The number of carbonyl (C=O) groups excluding carboxylic acids is 3. The molecule has 8 N–H and O–H groups in total. The Kier molecular flexibility index (Phi) is 12.9. The van der Waals surface area contributed by atoms with Gasteiger partial charge in [0.15, 0.2) is 18.1 Å². The zero-order valence-corrected chi connectivity index (χ0v) is 24.2. The van der Waals surface area contributed by atoms with Crippen LogP contribution in [0.5, 0.6) is 11.5 Å². The first-order valence-corrected chi connectivity index (χ1v) is 13.0. The average Bonchev–Trinajstić information content (AvgIpc) is 2.97. The number of amidine groups is 1. The van der Waals surface area contributed by atoms with E-state index in [1.807, 2.05) is 0 Å². The first-order valence-electron chi connectivity index (χ1n) is 13.0. The summed E-state index contributed by atoms with van der Waals surface area (Å²) < 4.78 is 11.3. The number of amides is 3. The molecule has 14 nitrogen and oxygen atoms in total. The van der Waals surface area contributed by atoms with Gasteiger partial charge in [-0.2, -0.15) is 0 Å². The molecule has 2 aromatic carbocycles. The lowest BCUT2D eigenvalue weighted by Gasteiger charge is -2.22. The van der Waals surface area contributed by atoms with Gasteiger partial charge < -0.3 is 30.9 Å². The fraction of sp³-hybridized carbons (Fsp3) is 0.241. The number of nitrogens with one attached hydrogen (secondary N) is 5. The molecule has 0 spiro atoms. The van der Waals surface area contributed by atoms with Crippen LogP contribution < -0.4 is 36.7 Å². The second-order valence-corrected chi connectivity index (χ2v) is 8.80. The maximum absolute atomic E-state index is 13.3. The summed E-state index contributed by atoms with van der Waals surface area (Å²) in [5.41, 5.74) is 12.8. The van der Waals surface area contributed by atoms with Crippen molar-refractivity contribution in [2.75, 3.05) is 25.6 Å². The zero-order valence-electron chi connectivity index (χ0n) is 24.2. The summed E-state index contributed by atoms with van der Waals surface area (Å²) in [7, 11) is 1.50. The largest absolute Gasteiger partial charge is 0.490 e. The van der Waals surface area contributed by atoms with Crippen LogP contribution in [0.2, 0.25) is 0 Å². The van der Waals surface area contributed by atoms with Crippen LogP contribution in [0, 0.1) is 12.3 Å². The number of nitrogen functional groups attached to an aromatic ring is 1. The van der Waals surface area contributed by atoms with Crippen LogP contribution in [0.4, 0.5) is 5.69 Å². The number of hydrazine groups is 1. The molecular formula is C29H35N7O7. The fourth-order valence-corrected chi connectivity index (χ4v) is 3.44. The topological polar surface area (TPSA) is 218 Å². The second-order valence-electron chi connectivity index (χ2n) is 8.80. The first-order chi connectivity index (χ1) is 20.4. The highest BCUT2D eigenvalue weighted by atomic mass is 16.5. The molecule has 0 fully saturated rings. The maximum atomic E-state index is 13.3. The fourth-order valence-electron chi connectivity index (χ4n) is 3.44. The highest BCUT2D eigenvalue weighted by Crippen LogP contribution is 2.32. The molecule has 0 aliphatic carbocycles. The normalized spacial score (nSPS) is 10.6. The Morgan fingerprint density at radius 3 is 2.26 bits per heavy atom. The van der Waals surface area contributed by atoms with Gasteiger partial charge in [-0.05, 0) is 67.9 Å². The zero-order chi connectivity index (χ0) is 31.9. The molecule has 14 heteroatoms. The lowest BCUT2D eigenvalue weighted by atomic mass is 10.0. The number of benzene rings is 2. The lowest BCUT2D eigenvalue weighted by molar-refractivity contribution is -0.134. The Morgan fingerprint density at radius 2 is 1.67 bits per heavy atom. The predicted molar refractivity (Wildman–Crippen MR) is 159 cm³/mol. The molecule has 1 heterocycles. The SMILES string of the molecule is CC(=O)O.CCOc1cc(C(Nc2ccc(C(=N)N)cc2)C(=O)NNC(=O)c2cccc(C)n2)ccc1OCC(=O)NC. The summed E-state index contributed by atoms with van der Waals surface area (Å²) in [6.07, 6.45) is 0. The minimum atomic E-state index is -0.994. The number of nitrogens with zero attached hydrogens (tertiary/aromatic N) is 1. The number of nitrogens with two attached hydrogens (primary N) is 1. The van der Waals surface area contributed by atoms with Gasteiger partial charge in [0.1, 0.15) is 17.6 Å². The van der Waals surface area contributed by atoms with E-state index < -0.39 is 23.8 Å². The Morgan fingerprint density at radius 1 is 1.00 bits per heavy atom. The quantitative estimate of drug-likeness (QED) is 0.0973. The minimum Gasteiger partial charge on any atom is -0.490 e. The van der Waals surface area contributed by atoms with Crippen LogP contribution in [0.15, 0.2) is 60.7 Å². The summed E-state index contributed by atoms with van der Waals surface area (Å²) in [4.78, 5) is 50.7. The van der Waals surface area contributed by atoms with Crippen molar-refractivity contribution in [2.45, 2.75) is 26.8 Å². The van der Waals surface area contributed by atoms with Crippen LogP contribution in [0.3, 0.4) is 0 Å². The van der Waals surface area contributed by atoms with E-state index in [9.17, 15) is 14.4 Å². The van der Waals surface area contributed by atoms with Crippen molar-refractivity contribution in [2.24, 2.45) is 5.73 Å². The van der Waals surface area contributed by atoms with Crippen molar-refractivity contribution in [3.8, 4) is 11.5 Å². The summed E-state index contributed by atoms with van der Waals surface area (Å²) in [5, 5.41) is 20.6. The van der Waals surface area contributed by atoms with Gasteiger partial charge in [-0.15, -0.1) is 0 Å². The van der Waals surface area contributed by atoms with Gasteiger partial charge in [0.05, 0.1) is 6.61 Å². The Hall–Kier alpha value is -5.66. The molecular weight excluding hydrogens is 558 g/mol. The molecule has 0 aliphatic rings. The highest BCUT2D eigenvalue weighted by molar-refractivity contribution is 5.96. The molecule has 0 saturated heterocycles. The van der Waals surface area contributed by atoms with Gasteiger partial charge in [0, 0.05) is 30.9 Å². The Bertz CT molecular complexity index is 1440. The number of anilines is 1. The monoisotopic (exact) mass is 593 g/mol. The number of likely N-dealkylation sites (N-methyl/N-ethyl adjacent to an activating group) is 1. The van der Waals surface area contributed by atoms with Crippen molar-refractivity contribution in [1.82, 2.24) is 21.2 Å². The van der Waals surface area contributed by atoms with Gasteiger partial charge in [-0.1, -0.05) is 12.1 Å². The van der Waals surface area contributed by atoms with Crippen molar-refractivity contribution in [3.05, 3.63) is 83.2 Å². The van der Waals surface area contributed by atoms with Crippen molar-refractivity contribution >= 4 is 35.2 Å². The molecule has 3 amide bonds. The third kappa shape index (κ3) is 11.0. The van der Waals surface area contributed by atoms with E-state index in [1.165, 1.54) is 13.1 Å². The Balaban J connectivity index is 0.00000151. The molecule has 0 aliphatic heterocycles. The number of aromatic nitrogens is 1. The predicted octanol–water partition coefficient (Wildman–Crippen LogP) is 1.90. The number of hydrogen-bond donors (Lipinski definition) is 7. The summed E-state index contributed by atoms with van der Waals surface area (Å²) >= 11 is 0. The Labute approximate surface area is 248 Å². The van der Waals surface area contributed by atoms with Crippen LogP contribution in [-0.4, -0.2) is 59.9 Å². The summed E-state index contributed by atoms with van der Waals surface area (Å²) in [6.45, 7) is 4.74. The van der Waals surface area contributed by atoms with E-state index in [0.717, 1.165) is 6.92 Å². The van der Waals surface area contributed by atoms with E-state index in [2.05, 4.69) is 26.5 Å². The smallest absolute Gasteiger partial charge is 0.300 e. The van der Waals surface area contributed by atoms with E-state index in [4.69, 9.17) is 30.5 Å². The van der Waals surface area contributed by atoms with Crippen molar-refractivity contribution < 1.29 is 33.8 Å². The number of aliphatic carboxylic acids is 1. The number of pyridine rings is 1. The lowest BCUT2D eigenvalue weighted by Crippen LogP contribution is -2.45. The number of hydrogen-bond acceptors (Lipinski definition) is 9. The van der Waals surface area contributed by atoms with Crippen molar-refractivity contribution in [1.29, 1.82) is 5.41 Å².